The van der Waals surface area contributed by atoms with E-state index < -0.39 is 0 Å². The predicted octanol–water partition coefficient (Wildman–Crippen LogP) is 4.49. The van der Waals surface area contributed by atoms with Gasteiger partial charge in [-0.25, -0.2) is 0 Å². The molecule has 0 spiro atoms. The van der Waals surface area contributed by atoms with E-state index in [4.69, 9.17) is 16.3 Å². The van der Waals surface area contributed by atoms with E-state index in [1.807, 2.05) is 18.2 Å². The molecule has 1 aromatic heterocycles. The molecule has 0 amide bonds. The normalized spacial score (nSPS) is 16.7. The summed E-state index contributed by atoms with van der Waals surface area (Å²) >= 11 is 6.16. The zero-order chi connectivity index (χ0) is 15.1. The molecule has 1 aliphatic rings. The summed E-state index contributed by atoms with van der Waals surface area (Å²) in [6, 6.07) is 14.5. The molecule has 2 aromatic carbocycles. The van der Waals surface area contributed by atoms with E-state index in [1.165, 1.54) is 22.2 Å². The Balaban J connectivity index is 0.00000156. The third kappa shape index (κ3) is 2.80. The van der Waals surface area contributed by atoms with Gasteiger partial charge in [0.1, 0.15) is 5.75 Å². The number of hydrogen-bond acceptors (Lipinski definition) is 2. The van der Waals surface area contributed by atoms with Crippen LogP contribution in [0.5, 0.6) is 5.75 Å². The second kappa shape index (κ2) is 6.44. The van der Waals surface area contributed by atoms with Crippen LogP contribution in [0.1, 0.15) is 22.9 Å². The monoisotopic (exact) mass is 348 g/mol. The lowest BCUT2D eigenvalue weighted by atomic mass is 9.94. The molecular weight excluding hydrogens is 331 g/mol. The smallest absolute Gasteiger partial charge is 0.118 e. The molecule has 23 heavy (non-hydrogen) atoms. The fraction of sp³-hybridized carbons (Fsp3) is 0.222. The van der Waals surface area contributed by atoms with Crippen molar-refractivity contribution in [1.82, 2.24) is 10.3 Å². The molecule has 2 heterocycles. The highest BCUT2D eigenvalue weighted by atomic mass is 35.5. The first-order valence-corrected chi connectivity index (χ1v) is 7.81. The molecule has 3 aromatic rings. The molecule has 0 fully saturated rings. The van der Waals surface area contributed by atoms with Crippen LogP contribution in [0.3, 0.4) is 0 Å². The van der Waals surface area contributed by atoms with Crippen molar-refractivity contribution in [2.75, 3.05) is 13.7 Å². The van der Waals surface area contributed by atoms with Crippen molar-refractivity contribution >= 4 is 34.9 Å². The summed E-state index contributed by atoms with van der Waals surface area (Å²) in [6.07, 6.45) is 1.02. The molecule has 120 valence electrons. The van der Waals surface area contributed by atoms with Gasteiger partial charge in [-0.2, -0.15) is 0 Å². The van der Waals surface area contributed by atoms with Gasteiger partial charge in [0.15, 0.2) is 0 Å². The third-order valence-corrected chi connectivity index (χ3v) is 4.60. The molecule has 0 saturated heterocycles. The lowest BCUT2D eigenvalue weighted by Gasteiger charge is -2.25. The van der Waals surface area contributed by atoms with Crippen LogP contribution >= 0.6 is 24.0 Å². The Morgan fingerprint density at radius 1 is 1.13 bits per heavy atom. The van der Waals surface area contributed by atoms with Crippen LogP contribution in [-0.2, 0) is 6.42 Å². The minimum absolute atomic E-state index is 0. The van der Waals surface area contributed by atoms with Crippen molar-refractivity contribution in [2.45, 2.75) is 12.5 Å². The molecule has 0 saturated carbocycles. The maximum absolute atomic E-state index is 6.16. The fourth-order valence-electron chi connectivity index (χ4n) is 3.28. The number of benzene rings is 2. The van der Waals surface area contributed by atoms with Crippen LogP contribution in [-0.4, -0.2) is 18.6 Å². The van der Waals surface area contributed by atoms with Gasteiger partial charge in [-0.15, -0.1) is 12.4 Å². The largest absolute Gasteiger partial charge is 0.497 e. The van der Waals surface area contributed by atoms with Crippen molar-refractivity contribution in [2.24, 2.45) is 0 Å². The maximum Gasteiger partial charge on any atom is 0.118 e. The average molecular weight is 349 g/mol. The first-order valence-electron chi connectivity index (χ1n) is 7.43. The number of aromatic amines is 1. The number of H-pyrrole nitrogens is 1. The van der Waals surface area contributed by atoms with E-state index in [0.29, 0.717) is 0 Å². The van der Waals surface area contributed by atoms with E-state index in [2.05, 4.69) is 34.6 Å². The van der Waals surface area contributed by atoms with Gasteiger partial charge in [-0.1, -0.05) is 23.7 Å². The second-order valence-electron chi connectivity index (χ2n) is 5.62. The molecule has 3 nitrogen and oxygen atoms in total. The van der Waals surface area contributed by atoms with Crippen LogP contribution < -0.4 is 10.1 Å². The number of rotatable bonds is 2. The predicted molar refractivity (Wildman–Crippen MR) is 97.1 cm³/mol. The fourth-order valence-corrected chi connectivity index (χ4v) is 3.45. The van der Waals surface area contributed by atoms with Gasteiger partial charge in [0.25, 0.3) is 0 Å². The van der Waals surface area contributed by atoms with Crippen molar-refractivity contribution in [3.8, 4) is 5.75 Å². The van der Waals surface area contributed by atoms with Gasteiger partial charge < -0.3 is 15.0 Å². The number of fused-ring (bicyclic) bond motifs is 3. The standard InChI is InChI=1S/C18H17ClN2O.ClH/c1-22-13-5-2-11(3-6-13)17-18-14(8-9-20-17)15-10-12(19)4-7-16(15)21-18;/h2-7,10,17,20-21H,8-9H2,1H3;1H. The van der Waals surface area contributed by atoms with E-state index in [0.717, 1.165) is 29.3 Å². The summed E-state index contributed by atoms with van der Waals surface area (Å²) in [5.41, 5.74) is 5.00. The van der Waals surface area contributed by atoms with Crippen LogP contribution in [0.25, 0.3) is 10.9 Å². The van der Waals surface area contributed by atoms with Crippen LogP contribution in [0.4, 0.5) is 0 Å². The number of methoxy groups -OCH3 is 1. The van der Waals surface area contributed by atoms with Crippen molar-refractivity contribution in [3.63, 3.8) is 0 Å². The first kappa shape index (κ1) is 16.2. The number of hydrogen-bond donors (Lipinski definition) is 2. The van der Waals surface area contributed by atoms with Gasteiger partial charge >= 0.3 is 0 Å². The second-order valence-corrected chi connectivity index (χ2v) is 6.05. The minimum Gasteiger partial charge on any atom is -0.497 e. The van der Waals surface area contributed by atoms with E-state index >= 15 is 0 Å². The molecule has 1 unspecified atom stereocenters. The van der Waals surface area contributed by atoms with Gasteiger partial charge in [-0.05, 0) is 47.9 Å². The van der Waals surface area contributed by atoms with Crippen molar-refractivity contribution in [1.29, 1.82) is 0 Å². The summed E-state index contributed by atoms with van der Waals surface area (Å²) in [5.74, 6) is 0.878. The Labute approximate surface area is 146 Å². The van der Waals surface area contributed by atoms with Gasteiger partial charge in [0.2, 0.25) is 0 Å². The quantitative estimate of drug-likeness (QED) is 0.715. The molecule has 0 radical (unpaired) electrons. The van der Waals surface area contributed by atoms with Crippen molar-refractivity contribution in [3.05, 3.63) is 64.3 Å². The molecule has 4 rings (SSSR count). The molecule has 5 heteroatoms. The Hall–Kier alpha value is -1.68. The zero-order valence-electron chi connectivity index (χ0n) is 12.7. The summed E-state index contributed by atoms with van der Waals surface area (Å²) < 4.78 is 5.24. The number of aromatic nitrogens is 1. The number of nitrogens with one attached hydrogen (secondary N) is 2. The Morgan fingerprint density at radius 3 is 2.65 bits per heavy atom. The average Bonchev–Trinajstić information content (AvgIpc) is 2.93. The Morgan fingerprint density at radius 2 is 1.91 bits per heavy atom. The molecular formula is C18H18Cl2N2O. The Kier molecular flexibility index (Phi) is 4.53. The number of ether oxygens (including phenoxy) is 1. The summed E-state index contributed by atoms with van der Waals surface area (Å²) in [5, 5.41) is 5.62. The summed E-state index contributed by atoms with van der Waals surface area (Å²) in [6.45, 7) is 0.961. The molecule has 1 aliphatic heterocycles. The molecule has 1 atom stereocenters. The van der Waals surface area contributed by atoms with Gasteiger partial charge in [0, 0.05) is 28.2 Å². The topological polar surface area (TPSA) is 37.0 Å². The molecule has 0 bridgehead atoms. The highest BCUT2D eigenvalue weighted by molar-refractivity contribution is 6.31. The third-order valence-electron chi connectivity index (χ3n) is 4.36. The van der Waals surface area contributed by atoms with E-state index in [-0.39, 0.29) is 18.4 Å². The van der Waals surface area contributed by atoms with Crippen LogP contribution in [0.15, 0.2) is 42.5 Å². The SMILES string of the molecule is COc1ccc(C2NCCc3c2[nH]c2ccc(Cl)cc32)cc1.Cl. The zero-order valence-corrected chi connectivity index (χ0v) is 14.3. The summed E-state index contributed by atoms with van der Waals surface area (Å²) in [7, 11) is 1.69. The lowest BCUT2D eigenvalue weighted by Crippen LogP contribution is -2.30. The number of halogens is 2. The highest BCUT2D eigenvalue weighted by Gasteiger charge is 2.25. The van der Waals surface area contributed by atoms with Crippen LogP contribution in [0.2, 0.25) is 5.02 Å². The van der Waals surface area contributed by atoms with Gasteiger partial charge in [0.05, 0.1) is 13.2 Å². The summed E-state index contributed by atoms with van der Waals surface area (Å²) in [4.78, 5) is 3.57. The molecule has 2 N–H and O–H groups in total. The van der Waals surface area contributed by atoms with Gasteiger partial charge in [-0.3, -0.25) is 0 Å². The van der Waals surface area contributed by atoms with Crippen molar-refractivity contribution < 1.29 is 4.74 Å². The van der Waals surface area contributed by atoms with Crippen LogP contribution in [0, 0.1) is 0 Å². The lowest BCUT2D eigenvalue weighted by molar-refractivity contribution is 0.414. The minimum atomic E-state index is 0. The maximum atomic E-state index is 6.16. The molecule has 0 aliphatic carbocycles. The highest BCUT2D eigenvalue weighted by Crippen LogP contribution is 2.34. The van der Waals surface area contributed by atoms with E-state index in [9.17, 15) is 0 Å². The first-order chi connectivity index (χ1) is 10.8. The Bertz CT molecular complexity index is 827. The van der Waals surface area contributed by atoms with E-state index in [1.54, 1.807) is 7.11 Å².